The van der Waals surface area contributed by atoms with E-state index in [-0.39, 0.29) is 0 Å². The smallest absolute Gasteiger partial charge is 0.00675 e. The number of aryl methyl sites for hydroxylation is 1. The number of thioether (sulfide) groups is 1. The lowest BCUT2D eigenvalue weighted by Crippen LogP contribution is -1.88. The van der Waals surface area contributed by atoms with Crippen LogP contribution in [0.15, 0.2) is 55.1 Å². The summed E-state index contributed by atoms with van der Waals surface area (Å²) in [6.07, 6.45) is 9.37. The molecule has 0 fully saturated rings. The van der Waals surface area contributed by atoms with Gasteiger partial charge in [0.1, 0.15) is 0 Å². The zero-order chi connectivity index (χ0) is 18.6. The summed E-state index contributed by atoms with van der Waals surface area (Å²) in [6.45, 7) is 8.32. The maximum atomic E-state index is 4.00. The second-order valence-corrected chi connectivity index (χ2v) is 8.41. The molecular formula is C25H34S. The van der Waals surface area contributed by atoms with Gasteiger partial charge < -0.3 is 0 Å². The summed E-state index contributed by atoms with van der Waals surface area (Å²) in [5.41, 5.74) is 6.38. The molecule has 0 unspecified atom stereocenters. The SMILES string of the molecule is C=C(C)c1ccc(-c2ccc(CCCCCCCSCCC)cc2)cc1. The molecule has 140 valence electrons. The van der Waals surface area contributed by atoms with Gasteiger partial charge in [0.15, 0.2) is 0 Å². The molecule has 0 saturated carbocycles. The number of unbranched alkanes of at least 4 members (excludes halogenated alkanes) is 4. The van der Waals surface area contributed by atoms with Crippen LogP contribution >= 0.6 is 11.8 Å². The summed E-state index contributed by atoms with van der Waals surface area (Å²) in [5, 5.41) is 0. The van der Waals surface area contributed by atoms with Gasteiger partial charge in [-0.25, -0.2) is 0 Å². The molecule has 0 radical (unpaired) electrons. The third-order valence-corrected chi connectivity index (χ3v) is 6.04. The molecule has 2 aromatic carbocycles. The van der Waals surface area contributed by atoms with E-state index >= 15 is 0 Å². The van der Waals surface area contributed by atoms with Crippen LogP contribution in [-0.2, 0) is 6.42 Å². The van der Waals surface area contributed by atoms with Gasteiger partial charge in [0.25, 0.3) is 0 Å². The Morgan fingerprint density at radius 2 is 1.35 bits per heavy atom. The predicted molar refractivity (Wildman–Crippen MR) is 121 cm³/mol. The Balaban J connectivity index is 1.68. The maximum Gasteiger partial charge on any atom is -0.00675 e. The van der Waals surface area contributed by atoms with E-state index in [0.29, 0.717) is 0 Å². The second-order valence-electron chi connectivity index (χ2n) is 7.18. The molecule has 0 aliphatic heterocycles. The van der Waals surface area contributed by atoms with Crippen LogP contribution in [0, 0.1) is 0 Å². The number of hydrogen-bond donors (Lipinski definition) is 0. The predicted octanol–water partition coefficient (Wildman–Crippen LogP) is 8.02. The Kier molecular flexibility index (Phi) is 9.63. The highest BCUT2D eigenvalue weighted by atomic mass is 32.2. The van der Waals surface area contributed by atoms with Crippen molar-refractivity contribution in [1.82, 2.24) is 0 Å². The highest BCUT2D eigenvalue weighted by molar-refractivity contribution is 7.99. The Hall–Kier alpha value is -1.47. The molecule has 0 aliphatic carbocycles. The fourth-order valence-corrected chi connectivity index (χ4v) is 4.02. The first kappa shape index (κ1) is 20.8. The van der Waals surface area contributed by atoms with Crippen molar-refractivity contribution in [3.8, 4) is 11.1 Å². The normalized spacial score (nSPS) is 10.8. The number of rotatable bonds is 12. The van der Waals surface area contributed by atoms with E-state index < -0.39 is 0 Å². The zero-order valence-corrected chi connectivity index (χ0v) is 17.4. The molecule has 0 saturated heterocycles. The minimum Gasteiger partial charge on any atom is -0.162 e. The van der Waals surface area contributed by atoms with Crippen LogP contribution in [0.4, 0.5) is 0 Å². The van der Waals surface area contributed by atoms with Crippen molar-refractivity contribution in [2.45, 2.75) is 58.8 Å². The molecule has 0 aliphatic rings. The molecular weight excluding hydrogens is 332 g/mol. The standard InChI is InChI=1S/C25H34S/c1-4-19-26-20-9-7-5-6-8-10-22-11-13-24(14-12-22)25-17-15-23(16-18-25)21(2)3/h11-18H,2,4-10,19-20H2,1,3H3. The van der Waals surface area contributed by atoms with Crippen LogP contribution in [0.2, 0.25) is 0 Å². The molecule has 2 aromatic rings. The molecule has 0 heterocycles. The number of allylic oxidation sites excluding steroid dienone is 1. The van der Waals surface area contributed by atoms with Gasteiger partial charge in [-0.3, -0.25) is 0 Å². The van der Waals surface area contributed by atoms with Gasteiger partial charge in [0.2, 0.25) is 0 Å². The summed E-state index contributed by atoms with van der Waals surface area (Å²) in [6, 6.07) is 17.8. The largest absolute Gasteiger partial charge is 0.162 e. The molecule has 0 atom stereocenters. The first-order chi connectivity index (χ1) is 12.7. The first-order valence-corrected chi connectivity index (χ1v) is 11.3. The van der Waals surface area contributed by atoms with Crippen LogP contribution in [0.1, 0.15) is 63.5 Å². The minimum absolute atomic E-state index is 1.12. The summed E-state index contributed by atoms with van der Waals surface area (Å²) in [5.74, 6) is 2.68. The Morgan fingerprint density at radius 3 is 1.96 bits per heavy atom. The lowest BCUT2D eigenvalue weighted by Gasteiger charge is -2.06. The number of hydrogen-bond acceptors (Lipinski definition) is 1. The van der Waals surface area contributed by atoms with E-state index in [4.69, 9.17) is 0 Å². The molecule has 0 nitrogen and oxygen atoms in total. The molecule has 0 aromatic heterocycles. The van der Waals surface area contributed by atoms with E-state index in [2.05, 4.69) is 80.7 Å². The van der Waals surface area contributed by atoms with Crippen molar-refractivity contribution >= 4 is 17.3 Å². The quantitative estimate of drug-likeness (QED) is 0.343. The van der Waals surface area contributed by atoms with Gasteiger partial charge in [0.05, 0.1) is 0 Å². The molecule has 1 heteroatoms. The lowest BCUT2D eigenvalue weighted by atomic mass is 9.99. The van der Waals surface area contributed by atoms with Crippen molar-refractivity contribution in [2.24, 2.45) is 0 Å². The average Bonchev–Trinajstić information content (AvgIpc) is 2.67. The molecule has 0 N–H and O–H groups in total. The van der Waals surface area contributed by atoms with E-state index in [1.165, 1.54) is 78.7 Å². The van der Waals surface area contributed by atoms with Gasteiger partial charge in [-0.05, 0) is 66.4 Å². The lowest BCUT2D eigenvalue weighted by molar-refractivity contribution is 0.634. The highest BCUT2D eigenvalue weighted by Crippen LogP contribution is 2.23. The van der Waals surface area contributed by atoms with Crippen LogP contribution < -0.4 is 0 Å². The van der Waals surface area contributed by atoms with Crippen LogP contribution in [0.3, 0.4) is 0 Å². The van der Waals surface area contributed by atoms with Crippen molar-refractivity contribution in [2.75, 3.05) is 11.5 Å². The van der Waals surface area contributed by atoms with Crippen LogP contribution in [0.25, 0.3) is 16.7 Å². The fourth-order valence-electron chi connectivity index (χ4n) is 3.12. The van der Waals surface area contributed by atoms with E-state index in [9.17, 15) is 0 Å². The van der Waals surface area contributed by atoms with E-state index in [1.54, 1.807) is 0 Å². The Bertz CT molecular complexity index is 637. The summed E-state index contributed by atoms with van der Waals surface area (Å²) < 4.78 is 0. The third kappa shape index (κ3) is 7.41. The maximum absolute atomic E-state index is 4.00. The van der Waals surface area contributed by atoms with Gasteiger partial charge >= 0.3 is 0 Å². The Morgan fingerprint density at radius 1 is 0.769 bits per heavy atom. The van der Waals surface area contributed by atoms with Gasteiger partial charge in [0, 0.05) is 0 Å². The van der Waals surface area contributed by atoms with Crippen molar-refractivity contribution < 1.29 is 0 Å². The van der Waals surface area contributed by atoms with Gasteiger partial charge in [-0.2, -0.15) is 11.8 Å². The van der Waals surface area contributed by atoms with Crippen LogP contribution in [-0.4, -0.2) is 11.5 Å². The van der Waals surface area contributed by atoms with Crippen molar-refractivity contribution in [3.63, 3.8) is 0 Å². The topological polar surface area (TPSA) is 0 Å². The van der Waals surface area contributed by atoms with Crippen LogP contribution in [0.5, 0.6) is 0 Å². The zero-order valence-electron chi connectivity index (χ0n) is 16.6. The molecule has 26 heavy (non-hydrogen) atoms. The average molecular weight is 367 g/mol. The van der Waals surface area contributed by atoms with Gasteiger partial charge in [-0.1, -0.05) is 86.9 Å². The monoisotopic (exact) mass is 366 g/mol. The summed E-state index contributed by atoms with van der Waals surface area (Å²) in [7, 11) is 0. The second kappa shape index (κ2) is 12.0. The molecule has 2 rings (SSSR count). The molecule has 0 spiro atoms. The van der Waals surface area contributed by atoms with Gasteiger partial charge in [-0.15, -0.1) is 0 Å². The number of benzene rings is 2. The minimum atomic E-state index is 1.12. The van der Waals surface area contributed by atoms with E-state index in [0.717, 1.165) is 5.57 Å². The highest BCUT2D eigenvalue weighted by Gasteiger charge is 2.00. The molecule has 0 bridgehead atoms. The molecule has 0 amide bonds. The van der Waals surface area contributed by atoms with Crippen molar-refractivity contribution in [3.05, 3.63) is 66.2 Å². The van der Waals surface area contributed by atoms with E-state index in [1.807, 2.05) is 0 Å². The third-order valence-electron chi connectivity index (χ3n) is 4.77. The Labute approximate surface area is 165 Å². The summed E-state index contributed by atoms with van der Waals surface area (Å²) in [4.78, 5) is 0. The van der Waals surface area contributed by atoms with Crippen molar-refractivity contribution in [1.29, 1.82) is 0 Å². The summed E-state index contributed by atoms with van der Waals surface area (Å²) >= 11 is 2.11. The first-order valence-electron chi connectivity index (χ1n) is 10.1. The fraction of sp³-hybridized carbons (Fsp3) is 0.440.